The van der Waals surface area contributed by atoms with Crippen molar-refractivity contribution in [1.29, 1.82) is 0 Å². The molecule has 0 aliphatic carbocycles. The van der Waals surface area contributed by atoms with Crippen molar-refractivity contribution in [3.05, 3.63) is 35.4 Å². The Labute approximate surface area is 84.2 Å². The zero-order valence-corrected chi connectivity index (χ0v) is 8.97. The molecule has 0 aliphatic heterocycles. The van der Waals surface area contributed by atoms with Gasteiger partial charge in [0.25, 0.3) is 0 Å². The van der Waals surface area contributed by atoms with E-state index in [2.05, 4.69) is 13.2 Å². The maximum absolute atomic E-state index is 9.73. The molecule has 1 unspecified atom stereocenters. The number of thioether (sulfide) groups is 1. The number of hydrogen-bond donors (Lipinski definition) is 1. The summed E-state index contributed by atoms with van der Waals surface area (Å²) in [7, 11) is 0. The van der Waals surface area contributed by atoms with Crippen LogP contribution in [-0.4, -0.2) is 17.1 Å². The van der Waals surface area contributed by atoms with Crippen LogP contribution in [0.3, 0.4) is 0 Å². The molecule has 0 spiro atoms. The fourth-order valence-electron chi connectivity index (χ4n) is 1.18. The van der Waals surface area contributed by atoms with Gasteiger partial charge in [0.05, 0.1) is 6.10 Å². The number of aliphatic hydroxyl groups excluding tert-OH is 1. The van der Waals surface area contributed by atoms with Crippen LogP contribution in [0.15, 0.2) is 24.3 Å². The van der Waals surface area contributed by atoms with Crippen LogP contribution in [0.4, 0.5) is 0 Å². The quantitative estimate of drug-likeness (QED) is 0.799. The third-order valence-electron chi connectivity index (χ3n) is 2.06. The van der Waals surface area contributed by atoms with E-state index in [0.717, 1.165) is 17.7 Å². The van der Waals surface area contributed by atoms with Crippen LogP contribution in [0.25, 0.3) is 0 Å². The fourth-order valence-corrected chi connectivity index (χ4v) is 1.64. The van der Waals surface area contributed by atoms with Crippen LogP contribution >= 0.6 is 11.8 Å². The normalized spacial score (nSPS) is 12.8. The van der Waals surface area contributed by atoms with Crippen molar-refractivity contribution in [3.8, 4) is 0 Å². The standard InChI is InChI=1S/C11H16OS/c1-9-3-5-10(6-4-9)11(12)7-8-13-2/h3-6,11-12H,7-8H2,1-2H3. The second-order valence-electron chi connectivity index (χ2n) is 3.21. The summed E-state index contributed by atoms with van der Waals surface area (Å²) in [4.78, 5) is 0. The second kappa shape index (κ2) is 5.30. The van der Waals surface area contributed by atoms with Crippen molar-refractivity contribution in [2.45, 2.75) is 19.4 Å². The van der Waals surface area contributed by atoms with Crippen LogP contribution in [0.5, 0.6) is 0 Å². The Kier molecular flexibility index (Phi) is 4.33. The van der Waals surface area contributed by atoms with E-state index in [0.29, 0.717) is 0 Å². The van der Waals surface area contributed by atoms with Crippen molar-refractivity contribution >= 4 is 11.8 Å². The molecule has 0 fully saturated rings. The summed E-state index contributed by atoms with van der Waals surface area (Å²) < 4.78 is 0. The number of hydrogen-bond acceptors (Lipinski definition) is 2. The van der Waals surface area contributed by atoms with Gasteiger partial charge in [-0.25, -0.2) is 0 Å². The van der Waals surface area contributed by atoms with E-state index in [9.17, 15) is 5.11 Å². The smallest absolute Gasteiger partial charge is 0.0797 e. The van der Waals surface area contributed by atoms with Gasteiger partial charge < -0.3 is 5.11 Å². The number of aryl methyl sites for hydroxylation is 1. The summed E-state index contributed by atoms with van der Waals surface area (Å²) in [6.45, 7) is 2.05. The number of benzene rings is 1. The Balaban J connectivity index is 2.55. The molecule has 0 saturated carbocycles. The molecule has 72 valence electrons. The Bertz CT molecular complexity index is 243. The molecule has 1 nitrogen and oxygen atoms in total. The van der Waals surface area contributed by atoms with Gasteiger partial charge in [-0.3, -0.25) is 0 Å². The molecule has 0 radical (unpaired) electrons. The maximum atomic E-state index is 9.73. The van der Waals surface area contributed by atoms with Crippen molar-refractivity contribution < 1.29 is 5.11 Å². The van der Waals surface area contributed by atoms with E-state index in [1.807, 2.05) is 24.3 Å². The minimum absolute atomic E-state index is 0.298. The van der Waals surface area contributed by atoms with E-state index in [-0.39, 0.29) is 6.10 Å². The first-order chi connectivity index (χ1) is 6.24. The van der Waals surface area contributed by atoms with Gasteiger partial charge in [-0.1, -0.05) is 29.8 Å². The van der Waals surface area contributed by atoms with E-state index in [4.69, 9.17) is 0 Å². The zero-order valence-electron chi connectivity index (χ0n) is 8.16. The Morgan fingerprint density at radius 3 is 2.46 bits per heavy atom. The highest BCUT2D eigenvalue weighted by atomic mass is 32.2. The highest BCUT2D eigenvalue weighted by Crippen LogP contribution is 2.18. The Hall–Kier alpha value is -0.470. The van der Waals surface area contributed by atoms with Gasteiger partial charge in [-0.15, -0.1) is 0 Å². The minimum Gasteiger partial charge on any atom is -0.388 e. The molecule has 13 heavy (non-hydrogen) atoms. The summed E-state index contributed by atoms with van der Waals surface area (Å²) >= 11 is 1.77. The van der Waals surface area contributed by atoms with E-state index in [1.54, 1.807) is 11.8 Å². The molecule has 1 N–H and O–H groups in total. The molecule has 0 bridgehead atoms. The van der Waals surface area contributed by atoms with E-state index >= 15 is 0 Å². The van der Waals surface area contributed by atoms with Gasteiger partial charge in [0.2, 0.25) is 0 Å². The largest absolute Gasteiger partial charge is 0.388 e. The molecule has 1 rings (SSSR count). The van der Waals surface area contributed by atoms with Crippen LogP contribution < -0.4 is 0 Å². The molecule has 1 aromatic carbocycles. The van der Waals surface area contributed by atoms with Crippen LogP contribution in [0.1, 0.15) is 23.7 Å². The zero-order chi connectivity index (χ0) is 9.68. The fraction of sp³-hybridized carbons (Fsp3) is 0.455. The lowest BCUT2D eigenvalue weighted by Crippen LogP contribution is -1.98. The topological polar surface area (TPSA) is 20.2 Å². The lowest BCUT2D eigenvalue weighted by molar-refractivity contribution is 0.175. The van der Waals surface area contributed by atoms with Crippen molar-refractivity contribution in [1.82, 2.24) is 0 Å². The first-order valence-corrected chi connectivity index (χ1v) is 5.87. The second-order valence-corrected chi connectivity index (χ2v) is 4.19. The minimum atomic E-state index is -0.298. The van der Waals surface area contributed by atoms with E-state index in [1.165, 1.54) is 5.56 Å². The predicted octanol–water partition coefficient (Wildman–Crippen LogP) is 2.78. The molecular formula is C11H16OS. The predicted molar refractivity (Wildman–Crippen MR) is 59.1 cm³/mol. The van der Waals surface area contributed by atoms with Gasteiger partial charge in [0.15, 0.2) is 0 Å². The van der Waals surface area contributed by atoms with Crippen molar-refractivity contribution in [2.75, 3.05) is 12.0 Å². The summed E-state index contributed by atoms with van der Waals surface area (Å²) in [5.74, 6) is 1.01. The van der Waals surface area contributed by atoms with Crippen LogP contribution in [0.2, 0.25) is 0 Å². The van der Waals surface area contributed by atoms with Gasteiger partial charge >= 0.3 is 0 Å². The van der Waals surface area contributed by atoms with Gasteiger partial charge in [-0.05, 0) is 30.9 Å². The van der Waals surface area contributed by atoms with Gasteiger partial charge in [-0.2, -0.15) is 11.8 Å². The van der Waals surface area contributed by atoms with Gasteiger partial charge in [0, 0.05) is 0 Å². The Morgan fingerprint density at radius 2 is 1.92 bits per heavy atom. The van der Waals surface area contributed by atoms with Crippen LogP contribution in [-0.2, 0) is 0 Å². The average molecular weight is 196 g/mol. The van der Waals surface area contributed by atoms with Crippen molar-refractivity contribution in [3.63, 3.8) is 0 Å². The number of aliphatic hydroxyl groups is 1. The molecule has 0 amide bonds. The third-order valence-corrected chi connectivity index (χ3v) is 2.70. The monoisotopic (exact) mass is 196 g/mol. The average Bonchev–Trinajstić information content (AvgIpc) is 2.15. The Morgan fingerprint density at radius 1 is 1.31 bits per heavy atom. The first kappa shape index (κ1) is 10.6. The third kappa shape index (κ3) is 3.41. The summed E-state index contributed by atoms with van der Waals surface area (Å²) in [6.07, 6.45) is 2.60. The van der Waals surface area contributed by atoms with Gasteiger partial charge in [0.1, 0.15) is 0 Å². The molecular weight excluding hydrogens is 180 g/mol. The summed E-state index contributed by atoms with van der Waals surface area (Å²) in [5.41, 5.74) is 2.26. The number of rotatable bonds is 4. The lowest BCUT2D eigenvalue weighted by atomic mass is 10.1. The molecule has 0 aliphatic rings. The van der Waals surface area contributed by atoms with Crippen molar-refractivity contribution in [2.24, 2.45) is 0 Å². The highest BCUT2D eigenvalue weighted by molar-refractivity contribution is 7.98. The van der Waals surface area contributed by atoms with Crippen LogP contribution in [0, 0.1) is 6.92 Å². The molecule has 0 heterocycles. The molecule has 2 heteroatoms. The molecule has 1 atom stereocenters. The molecule has 1 aromatic rings. The SMILES string of the molecule is CSCCC(O)c1ccc(C)cc1. The lowest BCUT2D eigenvalue weighted by Gasteiger charge is -2.09. The summed E-state index contributed by atoms with van der Waals surface area (Å²) in [5, 5.41) is 9.73. The van der Waals surface area contributed by atoms with E-state index < -0.39 is 0 Å². The first-order valence-electron chi connectivity index (χ1n) is 4.47. The molecule has 0 aromatic heterocycles. The summed E-state index contributed by atoms with van der Waals surface area (Å²) in [6, 6.07) is 8.08. The molecule has 0 saturated heterocycles. The highest BCUT2D eigenvalue weighted by Gasteiger charge is 2.05. The maximum Gasteiger partial charge on any atom is 0.0797 e.